The average molecular weight is 348 g/mol. The van der Waals surface area contributed by atoms with E-state index >= 15 is 0 Å². The van der Waals surface area contributed by atoms with Gasteiger partial charge in [0.1, 0.15) is 5.69 Å². The summed E-state index contributed by atoms with van der Waals surface area (Å²) < 4.78 is 0. The third kappa shape index (κ3) is 3.04. The number of pyridine rings is 1. The predicted octanol–water partition coefficient (Wildman–Crippen LogP) is 4.56. The van der Waals surface area contributed by atoms with Crippen LogP contribution in [-0.4, -0.2) is 20.9 Å². The van der Waals surface area contributed by atoms with E-state index in [1.54, 1.807) is 12.4 Å². The third-order valence-corrected chi connectivity index (χ3v) is 4.77. The van der Waals surface area contributed by atoms with Crippen LogP contribution in [0.1, 0.15) is 21.6 Å². The van der Waals surface area contributed by atoms with Gasteiger partial charge in [-0.3, -0.25) is 15.1 Å². The number of hydrogen-bond donors (Lipinski definition) is 2. The molecule has 0 saturated carbocycles. The van der Waals surface area contributed by atoms with Crippen molar-refractivity contribution in [1.29, 1.82) is 0 Å². The first-order chi connectivity index (χ1) is 12.1. The Balaban J connectivity index is 1.58. The van der Waals surface area contributed by atoms with Gasteiger partial charge in [0.2, 0.25) is 0 Å². The lowest BCUT2D eigenvalue weighted by Crippen LogP contribution is -2.11. The van der Waals surface area contributed by atoms with Gasteiger partial charge in [0.05, 0.1) is 5.69 Å². The van der Waals surface area contributed by atoms with Crippen molar-refractivity contribution >= 4 is 33.3 Å². The first-order valence-electron chi connectivity index (χ1n) is 7.87. The predicted molar refractivity (Wildman–Crippen MR) is 101 cm³/mol. The second-order valence-electron chi connectivity index (χ2n) is 5.96. The van der Waals surface area contributed by atoms with Gasteiger partial charge < -0.3 is 4.98 Å². The number of nitrogens with one attached hydrogen (secondary N) is 2. The van der Waals surface area contributed by atoms with E-state index in [9.17, 15) is 4.79 Å². The van der Waals surface area contributed by atoms with Crippen LogP contribution in [0.15, 0.2) is 48.1 Å². The first kappa shape index (κ1) is 15.5. The summed E-state index contributed by atoms with van der Waals surface area (Å²) in [7, 11) is 0. The number of carbonyl (C=O) groups is 1. The molecule has 4 rings (SSSR count). The van der Waals surface area contributed by atoms with E-state index in [-0.39, 0.29) is 5.91 Å². The Morgan fingerprint density at radius 1 is 1.24 bits per heavy atom. The summed E-state index contributed by atoms with van der Waals surface area (Å²) in [6, 6.07) is 9.84. The van der Waals surface area contributed by atoms with Crippen molar-refractivity contribution in [3.05, 3.63) is 64.9 Å². The van der Waals surface area contributed by atoms with Crippen molar-refractivity contribution in [3.8, 4) is 11.3 Å². The van der Waals surface area contributed by atoms with Gasteiger partial charge in [-0.05, 0) is 49.2 Å². The van der Waals surface area contributed by atoms with Crippen LogP contribution in [0.2, 0.25) is 0 Å². The molecular weight excluding hydrogens is 332 g/mol. The molecule has 0 aliphatic carbocycles. The molecule has 6 heteroatoms. The van der Waals surface area contributed by atoms with Crippen LogP contribution < -0.4 is 5.32 Å². The van der Waals surface area contributed by atoms with Crippen LogP contribution in [0.5, 0.6) is 0 Å². The molecule has 4 aromatic rings. The van der Waals surface area contributed by atoms with Crippen LogP contribution in [0.4, 0.5) is 5.13 Å². The van der Waals surface area contributed by atoms with Crippen molar-refractivity contribution in [2.24, 2.45) is 0 Å². The largest absolute Gasteiger partial charge is 0.351 e. The van der Waals surface area contributed by atoms with E-state index in [1.165, 1.54) is 16.9 Å². The molecule has 0 fully saturated rings. The lowest BCUT2D eigenvalue weighted by Gasteiger charge is -1.98. The zero-order valence-corrected chi connectivity index (χ0v) is 14.6. The first-order valence-corrected chi connectivity index (χ1v) is 8.75. The summed E-state index contributed by atoms with van der Waals surface area (Å²) in [5.41, 5.74) is 5.55. The second-order valence-corrected chi connectivity index (χ2v) is 6.82. The molecule has 0 aliphatic heterocycles. The van der Waals surface area contributed by atoms with Gasteiger partial charge in [0.15, 0.2) is 5.13 Å². The van der Waals surface area contributed by atoms with Crippen LogP contribution in [0.3, 0.4) is 0 Å². The van der Waals surface area contributed by atoms with Gasteiger partial charge in [-0.15, -0.1) is 11.3 Å². The van der Waals surface area contributed by atoms with E-state index < -0.39 is 0 Å². The van der Waals surface area contributed by atoms with Crippen LogP contribution in [0, 0.1) is 13.8 Å². The fourth-order valence-electron chi connectivity index (χ4n) is 2.86. The fourth-order valence-corrected chi connectivity index (χ4v) is 3.58. The van der Waals surface area contributed by atoms with Crippen LogP contribution >= 0.6 is 11.3 Å². The van der Waals surface area contributed by atoms with Crippen molar-refractivity contribution in [3.63, 3.8) is 0 Å². The maximum Gasteiger partial charge on any atom is 0.273 e. The maximum atomic E-state index is 12.5. The number of amides is 1. The minimum atomic E-state index is -0.194. The van der Waals surface area contributed by atoms with Gasteiger partial charge in [0.25, 0.3) is 5.91 Å². The van der Waals surface area contributed by atoms with Crippen LogP contribution in [-0.2, 0) is 0 Å². The summed E-state index contributed by atoms with van der Waals surface area (Å²) in [5, 5.41) is 6.39. The summed E-state index contributed by atoms with van der Waals surface area (Å²) >= 11 is 1.40. The number of aromatic nitrogens is 3. The topological polar surface area (TPSA) is 70.7 Å². The highest BCUT2D eigenvalue weighted by Crippen LogP contribution is 2.25. The Morgan fingerprint density at radius 3 is 2.92 bits per heavy atom. The number of aromatic amines is 1. The minimum absolute atomic E-state index is 0.194. The SMILES string of the molecule is Cc1cc(C)c2cc(C(=O)Nc3nc(-c4cccnc4)cs3)[nH]c2c1. The number of carbonyl (C=O) groups excluding carboxylic acids is 1. The molecule has 124 valence electrons. The zero-order chi connectivity index (χ0) is 17.4. The fraction of sp³-hybridized carbons (Fsp3) is 0.105. The number of hydrogen-bond acceptors (Lipinski definition) is 4. The Kier molecular flexibility index (Phi) is 3.82. The zero-order valence-electron chi connectivity index (χ0n) is 13.8. The van der Waals surface area contributed by atoms with Crippen molar-refractivity contribution < 1.29 is 4.79 Å². The molecule has 1 amide bonds. The molecule has 0 aliphatic rings. The molecule has 0 saturated heterocycles. The number of aryl methyl sites for hydroxylation is 2. The molecule has 25 heavy (non-hydrogen) atoms. The van der Waals surface area contributed by atoms with E-state index in [1.807, 2.05) is 43.5 Å². The van der Waals surface area contributed by atoms with E-state index in [0.29, 0.717) is 10.8 Å². The highest BCUT2D eigenvalue weighted by molar-refractivity contribution is 7.14. The Bertz CT molecular complexity index is 1070. The highest BCUT2D eigenvalue weighted by atomic mass is 32.1. The molecule has 3 heterocycles. The van der Waals surface area contributed by atoms with E-state index in [2.05, 4.69) is 26.3 Å². The van der Waals surface area contributed by atoms with Crippen LogP contribution in [0.25, 0.3) is 22.2 Å². The van der Waals surface area contributed by atoms with Gasteiger partial charge in [-0.25, -0.2) is 4.98 Å². The summed E-state index contributed by atoms with van der Waals surface area (Å²) in [4.78, 5) is 24.3. The van der Waals surface area contributed by atoms with Gasteiger partial charge in [-0.1, -0.05) is 6.07 Å². The monoisotopic (exact) mass is 348 g/mol. The molecular formula is C19H16N4OS. The minimum Gasteiger partial charge on any atom is -0.351 e. The van der Waals surface area contributed by atoms with Gasteiger partial charge in [0, 0.05) is 34.2 Å². The molecule has 0 spiro atoms. The number of anilines is 1. The Hall–Kier alpha value is -2.99. The third-order valence-electron chi connectivity index (χ3n) is 4.02. The normalized spacial score (nSPS) is 11.0. The van der Waals surface area contributed by atoms with Gasteiger partial charge in [-0.2, -0.15) is 0 Å². The van der Waals surface area contributed by atoms with E-state index in [4.69, 9.17) is 0 Å². The Labute approximate surface area is 148 Å². The number of thiazole rings is 1. The summed E-state index contributed by atoms with van der Waals surface area (Å²) in [5.74, 6) is -0.194. The molecule has 0 bridgehead atoms. The molecule has 5 nitrogen and oxygen atoms in total. The number of rotatable bonds is 3. The lowest BCUT2D eigenvalue weighted by atomic mass is 10.1. The molecule has 0 radical (unpaired) electrons. The maximum absolute atomic E-state index is 12.5. The number of benzene rings is 1. The molecule has 1 aromatic carbocycles. The molecule has 2 N–H and O–H groups in total. The molecule has 0 atom stereocenters. The molecule has 3 aromatic heterocycles. The second kappa shape index (κ2) is 6.14. The van der Waals surface area contributed by atoms with Gasteiger partial charge >= 0.3 is 0 Å². The quantitative estimate of drug-likeness (QED) is 0.570. The van der Waals surface area contributed by atoms with E-state index in [0.717, 1.165) is 27.7 Å². The van der Waals surface area contributed by atoms with Crippen molar-refractivity contribution in [2.45, 2.75) is 13.8 Å². The number of fused-ring (bicyclic) bond motifs is 1. The Morgan fingerprint density at radius 2 is 2.12 bits per heavy atom. The lowest BCUT2D eigenvalue weighted by molar-refractivity contribution is 0.102. The summed E-state index contributed by atoms with van der Waals surface area (Å²) in [6.07, 6.45) is 3.47. The molecule has 0 unspecified atom stereocenters. The smallest absolute Gasteiger partial charge is 0.273 e. The average Bonchev–Trinajstić information content (AvgIpc) is 3.22. The standard InChI is InChI=1S/C19H16N4OS/c1-11-6-12(2)14-8-16(21-15(14)7-11)18(24)23-19-22-17(10-25-19)13-4-3-5-20-9-13/h3-10,21H,1-2H3,(H,22,23,24). The number of H-pyrrole nitrogens is 1. The van der Waals surface area contributed by atoms with Crippen molar-refractivity contribution in [2.75, 3.05) is 5.32 Å². The summed E-state index contributed by atoms with van der Waals surface area (Å²) in [6.45, 7) is 4.09. The highest BCUT2D eigenvalue weighted by Gasteiger charge is 2.13. The number of nitrogens with zero attached hydrogens (tertiary/aromatic N) is 2. The van der Waals surface area contributed by atoms with Crippen molar-refractivity contribution in [1.82, 2.24) is 15.0 Å².